The van der Waals surface area contributed by atoms with Crippen LogP contribution in [0.2, 0.25) is 0 Å². The lowest BCUT2D eigenvalue weighted by atomic mass is 9.95. The van der Waals surface area contributed by atoms with Gasteiger partial charge in [-0.25, -0.2) is 19.3 Å². The van der Waals surface area contributed by atoms with Crippen LogP contribution in [0, 0.1) is 5.82 Å². The van der Waals surface area contributed by atoms with Crippen LogP contribution in [0.1, 0.15) is 32.1 Å². The van der Waals surface area contributed by atoms with Gasteiger partial charge in [-0.05, 0) is 25.0 Å². The van der Waals surface area contributed by atoms with E-state index in [4.69, 9.17) is 5.73 Å². The van der Waals surface area contributed by atoms with Crippen LogP contribution in [0.3, 0.4) is 0 Å². The van der Waals surface area contributed by atoms with Gasteiger partial charge in [-0.15, -0.1) is 0 Å². The minimum atomic E-state index is -0.335. The molecular weight excluding hydrogens is 307 g/mol. The Kier molecular flexibility index (Phi) is 3.76. The number of nitrogen functional groups attached to an aromatic ring is 1. The van der Waals surface area contributed by atoms with E-state index in [-0.39, 0.29) is 5.82 Å². The van der Waals surface area contributed by atoms with E-state index in [9.17, 15) is 4.39 Å². The lowest BCUT2D eigenvalue weighted by Gasteiger charge is -2.24. The van der Waals surface area contributed by atoms with Crippen molar-refractivity contribution in [3.8, 4) is 11.5 Å². The van der Waals surface area contributed by atoms with Crippen LogP contribution in [0.25, 0.3) is 17.2 Å². The number of halogens is 1. The summed E-state index contributed by atoms with van der Waals surface area (Å²) in [5.74, 6) is 0.775. The Balaban J connectivity index is 1.70. The van der Waals surface area contributed by atoms with E-state index in [1.807, 2.05) is 0 Å². The molecule has 0 unspecified atom stereocenters. The number of imidazole rings is 1. The highest BCUT2D eigenvalue weighted by Gasteiger charge is 2.17. The van der Waals surface area contributed by atoms with Crippen LogP contribution in [0.4, 0.5) is 15.9 Å². The number of nitrogens with zero attached hydrogens (tertiary/aromatic N) is 4. The molecule has 1 aliphatic rings. The Morgan fingerprint density at radius 1 is 1.12 bits per heavy atom. The molecule has 124 valence electrons. The Morgan fingerprint density at radius 3 is 2.79 bits per heavy atom. The molecule has 3 heterocycles. The number of aromatic nitrogens is 4. The van der Waals surface area contributed by atoms with Gasteiger partial charge in [-0.2, -0.15) is 0 Å². The number of nitrogens with one attached hydrogen (secondary N) is 1. The number of rotatable bonds is 3. The maximum atomic E-state index is 13.5. The molecule has 3 N–H and O–H groups in total. The summed E-state index contributed by atoms with van der Waals surface area (Å²) in [6.07, 6.45) is 10.6. The van der Waals surface area contributed by atoms with Crippen LogP contribution in [-0.4, -0.2) is 25.4 Å². The van der Waals surface area contributed by atoms with E-state index in [0.717, 1.165) is 12.8 Å². The highest BCUT2D eigenvalue weighted by molar-refractivity contribution is 5.65. The third-order valence-corrected chi connectivity index (χ3v) is 4.46. The molecule has 1 saturated carbocycles. The summed E-state index contributed by atoms with van der Waals surface area (Å²) in [5.41, 5.74) is 7.83. The van der Waals surface area contributed by atoms with Crippen LogP contribution in [-0.2, 0) is 0 Å². The van der Waals surface area contributed by atoms with Crippen molar-refractivity contribution < 1.29 is 4.39 Å². The summed E-state index contributed by atoms with van der Waals surface area (Å²) in [5, 5.41) is 3.43. The summed E-state index contributed by atoms with van der Waals surface area (Å²) >= 11 is 0. The second-order valence-electron chi connectivity index (χ2n) is 6.20. The van der Waals surface area contributed by atoms with Crippen molar-refractivity contribution in [2.24, 2.45) is 0 Å². The molecule has 0 atom stereocenters. The van der Waals surface area contributed by atoms with Gasteiger partial charge in [0.15, 0.2) is 11.6 Å². The molecule has 0 spiro atoms. The average molecular weight is 326 g/mol. The summed E-state index contributed by atoms with van der Waals surface area (Å²) in [4.78, 5) is 13.1. The topological polar surface area (TPSA) is 81.1 Å². The predicted octanol–water partition coefficient (Wildman–Crippen LogP) is 3.26. The van der Waals surface area contributed by atoms with Crippen molar-refractivity contribution in [3.63, 3.8) is 0 Å². The van der Waals surface area contributed by atoms with Gasteiger partial charge in [0.05, 0.1) is 18.1 Å². The zero-order chi connectivity index (χ0) is 16.5. The summed E-state index contributed by atoms with van der Waals surface area (Å²) in [7, 11) is 0. The molecule has 0 amide bonds. The fraction of sp³-hybridized carbons (Fsp3) is 0.353. The molecule has 0 bridgehead atoms. The van der Waals surface area contributed by atoms with Gasteiger partial charge in [0, 0.05) is 12.2 Å². The van der Waals surface area contributed by atoms with Crippen molar-refractivity contribution in [3.05, 3.63) is 36.5 Å². The number of hydrogen-bond donors (Lipinski definition) is 2. The molecule has 3 aromatic heterocycles. The highest BCUT2D eigenvalue weighted by Crippen LogP contribution is 2.26. The standard InChI is InChI=1S/C17H19FN6/c18-11-6-7-15-20-9-14(24(15)10-11)17-21-8-13(19)16(23-17)22-12-4-2-1-3-5-12/h6-10,12H,1-5,19H2,(H,21,22,23). The maximum absolute atomic E-state index is 13.5. The van der Waals surface area contributed by atoms with Crippen molar-refractivity contribution in [2.45, 2.75) is 38.1 Å². The van der Waals surface area contributed by atoms with E-state index in [1.165, 1.54) is 31.5 Å². The van der Waals surface area contributed by atoms with E-state index in [1.54, 1.807) is 22.9 Å². The van der Waals surface area contributed by atoms with Crippen molar-refractivity contribution >= 4 is 17.2 Å². The lowest BCUT2D eigenvalue weighted by molar-refractivity contribution is 0.462. The predicted molar refractivity (Wildman–Crippen MR) is 91.1 cm³/mol. The number of fused-ring (bicyclic) bond motifs is 1. The Morgan fingerprint density at radius 2 is 1.96 bits per heavy atom. The molecule has 4 rings (SSSR count). The number of pyridine rings is 1. The third-order valence-electron chi connectivity index (χ3n) is 4.46. The quantitative estimate of drug-likeness (QED) is 0.772. The molecule has 0 aliphatic heterocycles. The highest BCUT2D eigenvalue weighted by atomic mass is 19.1. The summed E-state index contributed by atoms with van der Waals surface area (Å²) in [6.45, 7) is 0. The van der Waals surface area contributed by atoms with E-state index < -0.39 is 0 Å². The number of anilines is 2. The van der Waals surface area contributed by atoms with Crippen molar-refractivity contribution in [2.75, 3.05) is 11.1 Å². The summed E-state index contributed by atoms with van der Waals surface area (Å²) in [6, 6.07) is 3.40. The Labute approximate surface area is 139 Å². The van der Waals surface area contributed by atoms with Crippen molar-refractivity contribution in [1.29, 1.82) is 0 Å². The minimum Gasteiger partial charge on any atom is -0.394 e. The lowest BCUT2D eigenvalue weighted by Crippen LogP contribution is -2.23. The molecule has 0 saturated heterocycles. The number of nitrogens with two attached hydrogens (primary N) is 1. The molecule has 1 fully saturated rings. The molecular formula is C17H19FN6. The third kappa shape index (κ3) is 2.77. The maximum Gasteiger partial charge on any atom is 0.180 e. The molecule has 6 nitrogen and oxygen atoms in total. The smallest absolute Gasteiger partial charge is 0.180 e. The van der Waals surface area contributed by atoms with Crippen LogP contribution in [0.5, 0.6) is 0 Å². The molecule has 0 radical (unpaired) electrons. The zero-order valence-electron chi connectivity index (χ0n) is 13.2. The van der Waals surface area contributed by atoms with Gasteiger partial charge in [0.25, 0.3) is 0 Å². The first-order chi connectivity index (χ1) is 11.7. The van der Waals surface area contributed by atoms with Crippen molar-refractivity contribution in [1.82, 2.24) is 19.4 Å². The van der Waals surface area contributed by atoms with E-state index >= 15 is 0 Å². The number of hydrogen-bond acceptors (Lipinski definition) is 5. The van der Waals surface area contributed by atoms with Gasteiger partial charge < -0.3 is 11.1 Å². The molecule has 24 heavy (non-hydrogen) atoms. The van der Waals surface area contributed by atoms with E-state index in [0.29, 0.717) is 34.7 Å². The van der Waals surface area contributed by atoms with Gasteiger partial charge in [-0.1, -0.05) is 19.3 Å². The zero-order valence-corrected chi connectivity index (χ0v) is 13.2. The largest absolute Gasteiger partial charge is 0.394 e. The van der Waals surface area contributed by atoms with Crippen LogP contribution in [0.15, 0.2) is 30.7 Å². The fourth-order valence-corrected chi connectivity index (χ4v) is 3.19. The van der Waals surface area contributed by atoms with Crippen LogP contribution >= 0.6 is 0 Å². The van der Waals surface area contributed by atoms with Crippen LogP contribution < -0.4 is 11.1 Å². The minimum absolute atomic E-state index is 0.335. The normalized spacial score (nSPS) is 15.7. The monoisotopic (exact) mass is 326 g/mol. The van der Waals surface area contributed by atoms with Gasteiger partial charge in [0.1, 0.15) is 17.2 Å². The molecule has 7 heteroatoms. The molecule has 0 aromatic carbocycles. The second kappa shape index (κ2) is 6.07. The Hall–Kier alpha value is -2.70. The first-order valence-electron chi connectivity index (χ1n) is 8.23. The SMILES string of the molecule is Nc1cnc(-c2cnc3ccc(F)cn23)nc1NC1CCCCC1. The molecule has 3 aromatic rings. The Bertz CT molecular complexity index is 869. The van der Waals surface area contributed by atoms with Gasteiger partial charge in [-0.3, -0.25) is 4.40 Å². The second-order valence-corrected chi connectivity index (χ2v) is 6.20. The fourth-order valence-electron chi connectivity index (χ4n) is 3.19. The first-order valence-corrected chi connectivity index (χ1v) is 8.23. The first kappa shape index (κ1) is 14.9. The summed E-state index contributed by atoms with van der Waals surface area (Å²) < 4.78 is 15.2. The molecule has 1 aliphatic carbocycles. The van der Waals surface area contributed by atoms with Gasteiger partial charge in [0.2, 0.25) is 0 Å². The van der Waals surface area contributed by atoms with E-state index in [2.05, 4.69) is 20.3 Å². The van der Waals surface area contributed by atoms with Gasteiger partial charge >= 0.3 is 0 Å². The average Bonchev–Trinajstić information content (AvgIpc) is 3.01.